The van der Waals surface area contributed by atoms with Crippen LogP contribution in [0.15, 0.2) is 72.9 Å². The lowest BCUT2D eigenvalue weighted by atomic mass is 10.1. The molecule has 0 radical (unpaired) electrons. The molecule has 0 saturated heterocycles. The molecule has 0 saturated carbocycles. The molecule has 0 aliphatic rings. The maximum Gasteiger partial charge on any atom is 0.0705 e. The number of hydrogen-bond donors (Lipinski definition) is 0. The van der Waals surface area contributed by atoms with Crippen LogP contribution in [0.3, 0.4) is 0 Å². The summed E-state index contributed by atoms with van der Waals surface area (Å²) in [5, 5.41) is 2.36. The van der Waals surface area contributed by atoms with Crippen molar-refractivity contribution in [3.8, 4) is 0 Å². The first kappa shape index (κ1) is 12.0. The molecule has 2 nitrogen and oxygen atoms in total. The minimum atomic E-state index is 0.831. The van der Waals surface area contributed by atoms with E-state index >= 15 is 0 Å². The number of fused-ring (bicyclic) bond motifs is 2. The molecular weight excluding hydrogens is 256 g/mol. The van der Waals surface area contributed by atoms with Gasteiger partial charge >= 0.3 is 0 Å². The monoisotopic (exact) mass is 270 g/mol. The van der Waals surface area contributed by atoms with E-state index in [0.29, 0.717) is 0 Å². The van der Waals surface area contributed by atoms with E-state index < -0.39 is 0 Å². The quantitative estimate of drug-likeness (QED) is 0.540. The topological polar surface area (TPSA) is 25.8 Å². The molecule has 0 atom stereocenters. The second-order valence-corrected chi connectivity index (χ2v) is 5.20. The molecule has 4 aromatic rings. The van der Waals surface area contributed by atoms with Crippen molar-refractivity contribution in [3.05, 3.63) is 84.2 Å². The molecule has 0 amide bonds. The average Bonchev–Trinajstić information content (AvgIpc) is 2.55. The van der Waals surface area contributed by atoms with E-state index in [0.717, 1.165) is 23.1 Å². The van der Waals surface area contributed by atoms with Gasteiger partial charge in [0, 0.05) is 29.1 Å². The van der Waals surface area contributed by atoms with E-state index in [9.17, 15) is 0 Å². The van der Waals surface area contributed by atoms with Crippen molar-refractivity contribution < 1.29 is 0 Å². The largest absolute Gasteiger partial charge is 0.256 e. The molecule has 2 aromatic carbocycles. The first-order valence-corrected chi connectivity index (χ1v) is 7.07. The van der Waals surface area contributed by atoms with Crippen molar-refractivity contribution >= 4 is 21.8 Å². The lowest BCUT2D eigenvalue weighted by Crippen LogP contribution is -1.93. The number of aromatic nitrogens is 2. The molecule has 2 heteroatoms. The lowest BCUT2D eigenvalue weighted by Gasteiger charge is -2.05. The van der Waals surface area contributed by atoms with E-state index in [1.54, 1.807) is 0 Å². The number of rotatable bonds is 2. The first-order valence-electron chi connectivity index (χ1n) is 7.07. The second kappa shape index (κ2) is 4.98. The minimum absolute atomic E-state index is 0.831. The van der Waals surface area contributed by atoms with Gasteiger partial charge in [0.2, 0.25) is 0 Å². The third-order valence-corrected chi connectivity index (χ3v) is 3.71. The molecule has 2 heterocycles. The van der Waals surface area contributed by atoms with E-state index in [-0.39, 0.29) is 0 Å². The molecule has 4 rings (SSSR count). The summed E-state index contributed by atoms with van der Waals surface area (Å²) in [7, 11) is 0. The number of nitrogens with zero attached hydrogens (tertiary/aromatic N) is 2. The summed E-state index contributed by atoms with van der Waals surface area (Å²) >= 11 is 0. The Hall–Kier alpha value is -2.74. The van der Waals surface area contributed by atoms with E-state index in [1.165, 1.54) is 16.3 Å². The number of benzene rings is 2. The highest BCUT2D eigenvalue weighted by Crippen LogP contribution is 2.17. The van der Waals surface area contributed by atoms with Crippen molar-refractivity contribution in [1.29, 1.82) is 0 Å². The predicted molar refractivity (Wildman–Crippen MR) is 86.3 cm³/mol. The maximum atomic E-state index is 4.73. The van der Waals surface area contributed by atoms with E-state index in [2.05, 4.69) is 53.5 Å². The highest BCUT2D eigenvalue weighted by Gasteiger charge is 2.02. The fourth-order valence-electron chi connectivity index (χ4n) is 2.64. The Morgan fingerprint density at radius 2 is 1.52 bits per heavy atom. The summed E-state index contributed by atoms with van der Waals surface area (Å²) in [4.78, 5) is 9.14. The lowest BCUT2D eigenvalue weighted by molar-refractivity contribution is 1.10. The smallest absolute Gasteiger partial charge is 0.0705 e. The molecule has 0 bridgehead atoms. The van der Waals surface area contributed by atoms with Crippen molar-refractivity contribution in [2.45, 2.75) is 6.42 Å². The van der Waals surface area contributed by atoms with Crippen LogP contribution in [-0.2, 0) is 6.42 Å². The Kier molecular flexibility index (Phi) is 2.86. The van der Waals surface area contributed by atoms with Crippen molar-refractivity contribution in [2.24, 2.45) is 0 Å². The summed E-state index contributed by atoms with van der Waals surface area (Å²) in [6.45, 7) is 0. The highest BCUT2D eigenvalue weighted by atomic mass is 14.7. The van der Waals surface area contributed by atoms with Crippen LogP contribution in [0.5, 0.6) is 0 Å². The number of hydrogen-bond acceptors (Lipinski definition) is 2. The summed E-state index contributed by atoms with van der Waals surface area (Å²) in [6, 6.07) is 22.9. The molecule has 0 unspecified atom stereocenters. The SMILES string of the molecule is c1cnc2cc(Cc3ccc4ccccc4n3)ccc2c1. The van der Waals surface area contributed by atoms with Crippen LogP contribution < -0.4 is 0 Å². The summed E-state index contributed by atoms with van der Waals surface area (Å²) in [6.07, 6.45) is 2.66. The fraction of sp³-hybridized carbons (Fsp3) is 0.0526. The highest BCUT2D eigenvalue weighted by molar-refractivity contribution is 5.79. The van der Waals surface area contributed by atoms with Gasteiger partial charge in [-0.3, -0.25) is 9.97 Å². The molecule has 100 valence electrons. The van der Waals surface area contributed by atoms with Crippen LogP contribution in [0.2, 0.25) is 0 Å². The van der Waals surface area contributed by atoms with Crippen molar-refractivity contribution in [3.63, 3.8) is 0 Å². The molecule has 0 fully saturated rings. The average molecular weight is 270 g/mol. The summed E-state index contributed by atoms with van der Waals surface area (Å²) < 4.78 is 0. The van der Waals surface area contributed by atoms with E-state index in [1.807, 2.05) is 24.4 Å². The second-order valence-electron chi connectivity index (χ2n) is 5.20. The Morgan fingerprint density at radius 1 is 0.714 bits per heavy atom. The first-order chi connectivity index (χ1) is 10.4. The van der Waals surface area contributed by atoms with Gasteiger partial charge in [0.25, 0.3) is 0 Å². The van der Waals surface area contributed by atoms with Crippen LogP contribution in [-0.4, -0.2) is 9.97 Å². The van der Waals surface area contributed by atoms with E-state index in [4.69, 9.17) is 4.98 Å². The third-order valence-electron chi connectivity index (χ3n) is 3.71. The number of pyridine rings is 2. The zero-order chi connectivity index (χ0) is 14.1. The van der Waals surface area contributed by atoms with Crippen LogP contribution >= 0.6 is 0 Å². The van der Waals surface area contributed by atoms with Crippen LogP contribution in [0.25, 0.3) is 21.8 Å². The van der Waals surface area contributed by atoms with Gasteiger partial charge in [-0.05, 0) is 29.8 Å². The van der Waals surface area contributed by atoms with Gasteiger partial charge in [0.15, 0.2) is 0 Å². The Balaban J connectivity index is 1.71. The normalized spacial score (nSPS) is 11.0. The zero-order valence-corrected chi connectivity index (χ0v) is 11.5. The molecular formula is C19H14N2. The standard InChI is InChI=1S/C19H14N2/c1-2-6-18-15(4-1)9-10-17(21-18)12-14-7-8-16-5-3-11-20-19(16)13-14/h1-11,13H,12H2. The Morgan fingerprint density at radius 3 is 2.52 bits per heavy atom. The maximum absolute atomic E-state index is 4.73. The Labute approximate surface area is 123 Å². The third kappa shape index (κ3) is 2.36. The van der Waals surface area contributed by atoms with Gasteiger partial charge in [-0.25, -0.2) is 0 Å². The van der Waals surface area contributed by atoms with Crippen LogP contribution in [0, 0.1) is 0 Å². The molecule has 0 aliphatic carbocycles. The summed E-state index contributed by atoms with van der Waals surface area (Å²) in [5.41, 5.74) is 4.41. The Bertz CT molecular complexity index is 851. The van der Waals surface area contributed by atoms with Gasteiger partial charge < -0.3 is 0 Å². The summed E-state index contributed by atoms with van der Waals surface area (Å²) in [5.74, 6) is 0. The fourth-order valence-corrected chi connectivity index (χ4v) is 2.64. The molecule has 0 N–H and O–H groups in total. The number of para-hydroxylation sites is 1. The van der Waals surface area contributed by atoms with Crippen molar-refractivity contribution in [2.75, 3.05) is 0 Å². The van der Waals surface area contributed by atoms with Crippen LogP contribution in [0.4, 0.5) is 0 Å². The van der Waals surface area contributed by atoms with Crippen molar-refractivity contribution in [1.82, 2.24) is 9.97 Å². The van der Waals surface area contributed by atoms with Gasteiger partial charge in [-0.15, -0.1) is 0 Å². The van der Waals surface area contributed by atoms with Gasteiger partial charge in [-0.1, -0.05) is 42.5 Å². The van der Waals surface area contributed by atoms with Gasteiger partial charge in [-0.2, -0.15) is 0 Å². The minimum Gasteiger partial charge on any atom is -0.256 e. The predicted octanol–water partition coefficient (Wildman–Crippen LogP) is 4.37. The van der Waals surface area contributed by atoms with Gasteiger partial charge in [0.05, 0.1) is 11.0 Å². The molecule has 0 spiro atoms. The molecule has 2 aromatic heterocycles. The zero-order valence-electron chi connectivity index (χ0n) is 11.5. The molecule has 21 heavy (non-hydrogen) atoms. The van der Waals surface area contributed by atoms with Crippen LogP contribution in [0.1, 0.15) is 11.3 Å². The van der Waals surface area contributed by atoms with Gasteiger partial charge in [0.1, 0.15) is 0 Å². The molecule has 0 aliphatic heterocycles.